The van der Waals surface area contributed by atoms with Crippen molar-refractivity contribution in [3.05, 3.63) is 46.3 Å². The largest absolute Gasteiger partial charge is 0.383 e. The highest BCUT2D eigenvalue weighted by molar-refractivity contribution is 6.31. The van der Waals surface area contributed by atoms with E-state index in [4.69, 9.17) is 20.9 Å². The predicted molar refractivity (Wildman–Crippen MR) is 76.4 cm³/mol. The molecule has 0 fully saturated rings. The fourth-order valence-corrected chi connectivity index (χ4v) is 2.15. The molecule has 0 aliphatic carbocycles. The Morgan fingerprint density at radius 2 is 2.19 bits per heavy atom. The van der Waals surface area contributed by atoms with Crippen LogP contribution in [0.25, 0.3) is 0 Å². The lowest BCUT2D eigenvalue weighted by Gasteiger charge is -2.20. The summed E-state index contributed by atoms with van der Waals surface area (Å²) in [5.74, 6) is 0.776. The molecule has 5 nitrogen and oxygen atoms in total. The Balaban J connectivity index is 2.08. The third-order valence-electron chi connectivity index (χ3n) is 2.95. The standard InChI is InChI=1S/C14H17ClFN3O2/c1-10-17-14(21-18-10)9-19(5-6-20-2)8-11-3-4-12(16)7-13(11)15/h3-4,7H,5-6,8-9H2,1-2H3. The van der Waals surface area contributed by atoms with E-state index in [1.54, 1.807) is 20.1 Å². The Hall–Kier alpha value is -1.50. The number of methoxy groups -OCH3 is 1. The van der Waals surface area contributed by atoms with E-state index in [1.165, 1.54) is 12.1 Å². The second kappa shape index (κ2) is 7.49. The normalized spacial score (nSPS) is 11.3. The molecule has 1 aromatic carbocycles. The van der Waals surface area contributed by atoms with Crippen molar-refractivity contribution >= 4 is 11.6 Å². The average Bonchev–Trinajstić information content (AvgIpc) is 2.84. The van der Waals surface area contributed by atoms with Crippen molar-refractivity contribution in [1.29, 1.82) is 0 Å². The molecule has 0 saturated heterocycles. The van der Waals surface area contributed by atoms with Gasteiger partial charge in [0.2, 0.25) is 5.89 Å². The first kappa shape index (κ1) is 15.9. The minimum atomic E-state index is -0.347. The molecule has 0 saturated carbocycles. The third kappa shape index (κ3) is 4.77. The molecule has 2 rings (SSSR count). The quantitative estimate of drug-likeness (QED) is 0.786. The summed E-state index contributed by atoms with van der Waals surface area (Å²) < 4.78 is 23.3. The van der Waals surface area contributed by atoms with Crippen LogP contribution in [0.2, 0.25) is 5.02 Å². The number of hydrogen-bond donors (Lipinski definition) is 0. The summed E-state index contributed by atoms with van der Waals surface area (Å²) in [6.45, 7) is 4.03. The molecule has 1 aromatic heterocycles. The van der Waals surface area contributed by atoms with Gasteiger partial charge in [-0.15, -0.1) is 0 Å². The van der Waals surface area contributed by atoms with Gasteiger partial charge in [-0.05, 0) is 24.6 Å². The number of ether oxygens (including phenoxy) is 1. The highest BCUT2D eigenvalue weighted by Gasteiger charge is 2.13. The Kier molecular flexibility index (Phi) is 5.67. The average molecular weight is 314 g/mol. The van der Waals surface area contributed by atoms with Gasteiger partial charge in [0.15, 0.2) is 5.82 Å². The summed E-state index contributed by atoms with van der Waals surface area (Å²) in [6, 6.07) is 4.38. The lowest BCUT2D eigenvalue weighted by Crippen LogP contribution is -2.27. The molecule has 0 atom stereocenters. The van der Waals surface area contributed by atoms with Crippen LogP contribution in [0.15, 0.2) is 22.7 Å². The minimum absolute atomic E-state index is 0.347. The molecule has 0 spiro atoms. The van der Waals surface area contributed by atoms with Crippen LogP contribution in [0.1, 0.15) is 17.3 Å². The summed E-state index contributed by atoms with van der Waals surface area (Å²) in [7, 11) is 1.64. The van der Waals surface area contributed by atoms with Crippen molar-refractivity contribution in [1.82, 2.24) is 15.0 Å². The number of aromatic nitrogens is 2. The summed E-state index contributed by atoms with van der Waals surface area (Å²) in [5, 5.41) is 4.17. The van der Waals surface area contributed by atoms with E-state index in [1.807, 2.05) is 0 Å². The highest BCUT2D eigenvalue weighted by atomic mass is 35.5. The van der Waals surface area contributed by atoms with Gasteiger partial charge < -0.3 is 9.26 Å². The molecule has 0 aliphatic heterocycles. The number of hydrogen-bond acceptors (Lipinski definition) is 5. The van der Waals surface area contributed by atoms with Crippen molar-refractivity contribution in [3.63, 3.8) is 0 Å². The van der Waals surface area contributed by atoms with Crippen molar-refractivity contribution < 1.29 is 13.7 Å². The minimum Gasteiger partial charge on any atom is -0.383 e. The fourth-order valence-electron chi connectivity index (χ4n) is 1.92. The van der Waals surface area contributed by atoms with Crippen LogP contribution in [0, 0.1) is 12.7 Å². The summed E-state index contributed by atoms with van der Waals surface area (Å²) in [6.07, 6.45) is 0. The number of halogens is 2. The van der Waals surface area contributed by atoms with Crippen LogP contribution in [0.3, 0.4) is 0 Å². The topological polar surface area (TPSA) is 51.4 Å². The van der Waals surface area contributed by atoms with Gasteiger partial charge in [-0.25, -0.2) is 4.39 Å². The van der Waals surface area contributed by atoms with Crippen LogP contribution in [-0.2, 0) is 17.8 Å². The van der Waals surface area contributed by atoms with E-state index in [0.717, 1.165) is 5.56 Å². The third-order valence-corrected chi connectivity index (χ3v) is 3.30. The zero-order chi connectivity index (χ0) is 15.2. The first-order valence-electron chi connectivity index (χ1n) is 6.53. The van der Waals surface area contributed by atoms with Crippen LogP contribution in [0.4, 0.5) is 4.39 Å². The molecule has 114 valence electrons. The van der Waals surface area contributed by atoms with E-state index >= 15 is 0 Å². The molecule has 21 heavy (non-hydrogen) atoms. The van der Waals surface area contributed by atoms with Crippen molar-refractivity contribution in [2.24, 2.45) is 0 Å². The maximum atomic E-state index is 13.1. The van der Waals surface area contributed by atoms with Crippen LogP contribution in [0.5, 0.6) is 0 Å². The van der Waals surface area contributed by atoms with Gasteiger partial charge in [-0.2, -0.15) is 4.98 Å². The van der Waals surface area contributed by atoms with Crippen LogP contribution < -0.4 is 0 Å². The Morgan fingerprint density at radius 3 is 2.81 bits per heavy atom. The van der Waals surface area contributed by atoms with Crippen molar-refractivity contribution in [2.75, 3.05) is 20.3 Å². The monoisotopic (exact) mass is 313 g/mol. The van der Waals surface area contributed by atoms with E-state index in [9.17, 15) is 4.39 Å². The summed E-state index contributed by atoms with van der Waals surface area (Å²) >= 11 is 6.07. The summed E-state index contributed by atoms with van der Waals surface area (Å²) in [4.78, 5) is 6.23. The molecule has 1 heterocycles. The first-order valence-corrected chi connectivity index (χ1v) is 6.90. The van der Waals surface area contributed by atoms with E-state index in [0.29, 0.717) is 43.0 Å². The van der Waals surface area contributed by atoms with E-state index < -0.39 is 0 Å². The number of nitrogens with zero attached hydrogens (tertiary/aromatic N) is 3. The van der Waals surface area contributed by atoms with Gasteiger partial charge in [0.05, 0.1) is 13.2 Å². The van der Waals surface area contributed by atoms with Crippen molar-refractivity contribution in [3.8, 4) is 0 Å². The lowest BCUT2D eigenvalue weighted by atomic mass is 10.2. The zero-order valence-corrected chi connectivity index (χ0v) is 12.7. The Labute approximate surface area is 127 Å². The summed E-state index contributed by atoms with van der Waals surface area (Å²) in [5.41, 5.74) is 0.838. The van der Waals surface area contributed by atoms with Crippen LogP contribution >= 0.6 is 11.6 Å². The second-order valence-corrected chi connectivity index (χ2v) is 5.08. The van der Waals surface area contributed by atoms with Crippen LogP contribution in [-0.4, -0.2) is 35.3 Å². The maximum absolute atomic E-state index is 13.1. The number of aryl methyl sites for hydroxylation is 1. The van der Waals surface area contributed by atoms with Gasteiger partial charge in [0, 0.05) is 25.2 Å². The number of benzene rings is 1. The van der Waals surface area contributed by atoms with Gasteiger partial charge in [0.1, 0.15) is 5.82 Å². The van der Waals surface area contributed by atoms with Gasteiger partial charge >= 0.3 is 0 Å². The molecule has 7 heteroatoms. The predicted octanol–water partition coefficient (Wildman–Crippen LogP) is 2.82. The Morgan fingerprint density at radius 1 is 1.38 bits per heavy atom. The SMILES string of the molecule is COCCN(Cc1nc(C)no1)Cc1ccc(F)cc1Cl. The lowest BCUT2D eigenvalue weighted by molar-refractivity contribution is 0.131. The fraction of sp³-hybridized carbons (Fsp3) is 0.429. The van der Waals surface area contributed by atoms with E-state index in [-0.39, 0.29) is 5.82 Å². The molecule has 0 N–H and O–H groups in total. The zero-order valence-electron chi connectivity index (χ0n) is 12.0. The Bertz CT molecular complexity index is 591. The van der Waals surface area contributed by atoms with Gasteiger partial charge in [-0.3, -0.25) is 4.90 Å². The molecule has 0 radical (unpaired) electrons. The highest BCUT2D eigenvalue weighted by Crippen LogP contribution is 2.19. The van der Waals surface area contributed by atoms with E-state index in [2.05, 4.69) is 15.0 Å². The maximum Gasteiger partial charge on any atom is 0.240 e. The van der Waals surface area contributed by atoms with Crippen molar-refractivity contribution in [2.45, 2.75) is 20.0 Å². The molecule has 0 amide bonds. The molecule has 0 aliphatic rings. The molecule has 0 unspecified atom stereocenters. The second-order valence-electron chi connectivity index (χ2n) is 4.67. The number of rotatable bonds is 7. The molecule has 2 aromatic rings. The van der Waals surface area contributed by atoms with Gasteiger partial charge in [0.25, 0.3) is 0 Å². The first-order chi connectivity index (χ1) is 10.1. The molecular formula is C14H17ClFN3O2. The van der Waals surface area contributed by atoms with Gasteiger partial charge in [-0.1, -0.05) is 22.8 Å². The molecular weight excluding hydrogens is 297 g/mol. The smallest absolute Gasteiger partial charge is 0.240 e. The molecule has 0 bridgehead atoms.